The standard InChI is InChI=1S/C15H12Br2FNO/c16-13(10-6-2-1-3-7-10)14(17)15(20)19-12-9-5-4-8-11(12)18/h1-9,13-14H,(H,19,20)/t13-,14+/m1/s1. The van der Waals surface area contributed by atoms with Crippen molar-refractivity contribution in [3.8, 4) is 0 Å². The van der Waals surface area contributed by atoms with Crippen LogP contribution in [-0.4, -0.2) is 10.7 Å². The van der Waals surface area contributed by atoms with Gasteiger partial charge in [0.05, 0.1) is 10.5 Å². The first-order valence-corrected chi connectivity index (χ1v) is 7.81. The molecular formula is C15H12Br2FNO. The lowest BCUT2D eigenvalue weighted by atomic mass is 10.1. The van der Waals surface area contributed by atoms with Gasteiger partial charge in [0.1, 0.15) is 10.6 Å². The van der Waals surface area contributed by atoms with Gasteiger partial charge in [-0.25, -0.2) is 4.39 Å². The highest BCUT2D eigenvalue weighted by molar-refractivity contribution is 9.12. The number of hydrogen-bond donors (Lipinski definition) is 1. The average Bonchev–Trinajstić information content (AvgIpc) is 2.49. The molecule has 0 fully saturated rings. The monoisotopic (exact) mass is 399 g/mol. The van der Waals surface area contributed by atoms with Gasteiger partial charge in [0, 0.05) is 0 Å². The van der Waals surface area contributed by atoms with E-state index < -0.39 is 10.6 Å². The number of hydrogen-bond acceptors (Lipinski definition) is 1. The van der Waals surface area contributed by atoms with Crippen molar-refractivity contribution in [2.75, 3.05) is 5.32 Å². The van der Waals surface area contributed by atoms with Gasteiger partial charge in [-0.1, -0.05) is 74.3 Å². The second-order valence-corrected chi connectivity index (χ2v) is 6.16. The maximum Gasteiger partial charge on any atom is 0.239 e. The number of alkyl halides is 2. The van der Waals surface area contributed by atoms with E-state index in [1.807, 2.05) is 30.3 Å². The number of carbonyl (C=O) groups is 1. The lowest BCUT2D eigenvalue weighted by molar-refractivity contribution is -0.115. The Kier molecular flexibility index (Phi) is 5.31. The Morgan fingerprint density at radius 1 is 1.00 bits per heavy atom. The fourth-order valence-corrected chi connectivity index (χ4v) is 2.67. The molecule has 0 aliphatic heterocycles. The van der Waals surface area contributed by atoms with Gasteiger partial charge >= 0.3 is 0 Å². The molecular weight excluding hydrogens is 389 g/mol. The highest BCUT2D eigenvalue weighted by atomic mass is 79.9. The molecule has 0 saturated heterocycles. The molecule has 0 unspecified atom stereocenters. The first-order valence-electron chi connectivity index (χ1n) is 5.98. The number of carbonyl (C=O) groups excluding carboxylic acids is 1. The highest BCUT2D eigenvalue weighted by Gasteiger charge is 2.25. The largest absolute Gasteiger partial charge is 0.323 e. The van der Waals surface area contributed by atoms with Crippen molar-refractivity contribution in [3.05, 3.63) is 66.0 Å². The van der Waals surface area contributed by atoms with Crippen molar-refractivity contribution < 1.29 is 9.18 Å². The van der Waals surface area contributed by atoms with Crippen LogP contribution in [0, 0.1) is 5.82 Å². The van der Waals surface area contributed by atoms with Crippen LogP contribution in [0.15, 0.2) is 54.6 Å². The average molecular weight is 401 g/mol. The third-order valence-electron chi connectivity index (χ3n) is 2.76. The van der Waals surface area contributed by atoms with Crippen LogP contribution in [0.25, 0.3) is 0 Å². The Morgan fingerprint density at radius 3 is 2.25 bits per heavy atom. The SMILES string of the molecule is O=C(Nc1ccccc1F)[C@@H](Br)[C@H](Br)c1ccccc1. The van der Waals surface area contributed by atoms with Gasteiger partial charge in [-0.05, 0) is 17.7 Å². The van der Waals surface area contributed by atoms with Gasteiger partial charge in [-0.2, -0.15) is 0 Å². The Hall–Kier alpha value is -1.20. The predicted octanol–water partition coefficient (Wildman–Crippen LogP) is 4.66. The lowest BCUT2D eigenvalue weighted by Gasteiger charge is -2.17. The van der Waals surface area contributed by atoms with Crippen molar-refractivity contribution in [2.24, 2.45) is 0 Å². The van der Waals surface area contributed by atoms with Gasteiger partial charge in [0.2, 0.25) is 5.91 Å². The summed E-state index contributed by atoms with van der Waals surface area (Å²) in [6.45, 7) is 0. The van der Waals surface area contributed by atoms with Crippen molar-refractivity contribution in [2.45, 2.75) is 9.65 Å². The first kappa shape index (κ1) is 15.2. The first-order chi connectivity index (χ1) is 9.59. The van der Waals surface area contributed by atoms with Gasteiger partial charge < -0.3 is 5.32 Å². The Morgan fingerprint density at radius 2 is 1.60 bits per heavy atom. The molecule has 2 rings (SSSR count). The quantitative estimate of drug-likeness (QED) is 0.742. The molecule has 0 aromatic heterocycles. The van der Waals surface area contributed by atoms with Crippen LogP contribution in [0.1, 0.15) is 10.4 Å². The second-order valence-electron chi connectivity index (χ2n) is 4.18. The minimum absolute atomic E-state index is 0.176. The van der Waals surface area contributed by atoms with Crippen LogP contribution in [0.2, 0.25) is 0 Å². The molecule has 5 heteroatoms. The molecule has 2 nitrogen and oxygen atoms in total. The van der Waals surface area contributed by atoms with E-state index in [1.54, 1.807) is 12.1 Å². The van der Waals surface area contributed by atoms with E-state index in [0.717, 1.165) is 5.56 Å². The van der Waals surface area contributed by atoms with E-state index in [2.05, 4.69) is 37.2 Å². The molecule has 0 saturated carbocycles. The zero-order valence-corrected chi connectivity index (χ0v) is 13.6. The lowest BCUT2D eigenvalue weighted by Crippen LogP contribution is -2.26. The van der Waals surface area contributed by atoms with Gasteiger partial charge in [-0.3, -0.25) is 4.79 Å². The zero-order valence-electron chi connectivity index (χ0n) is 10.4. The number of nitrogens with one attached hydrogen (secondary N) is 1. The Bertz CT molecular complexity index is 591. The van der Waals surface area contributed by atoms with E-state index in [1.165, 1.54) is 12.1 Å². The van der Waals surface area contributed by atoms with Crippen molar-refractivity contribution >= 4 is 43.5 Å². The smallest absolute Gasteiger partial charge is 0.239 e. The molecule has 0 spiro atoms. The maximum atomic E-state index is 13.5. The Labute approximate surface area is 133 Å². The molecule has 20 heavy (non-hydrogen) atoms. The van der Waals surface area contributed by atoms with Crippen LogP contribution in [-0.2, 0) is 4.79 Å². The topological polar surface area (TPSA) is 29.1 Å². The number of anilines is 1. The fourth-order valence-electron chi connectivity index (χ4n) is 1.70. The summed E-state index contributed by atoms with van der Waals surface area (Å²) in [5.41, 5.74) is 1.15. The molecule has 0 aliphatic rings. The summed E-state index contributed by atoms with van der Waals surface area (Å²) >= 11 is 6.83. The number of halogens is 3. The van der Waals surface area contributed by atoms with Crippen LogP contribution in [0.5, 0.6) is 0 Å². The molecule has 2 atom stereocenters. The van der Waals surface area contributed by atoms with E-state index >= 15 is 0 Å². The molecule has 1 N–H and O–H groups in total. The summed E-state index contributed by atoms with van der Waals surface area (Å²) in [5, 5.41) is 2.57. The van der Waals surface area contributed by atoms with E-state index in [4.69, 9.17) is 0 Å². The van der Waals surface area contributed by atoms with Crippen molar-refractivity contribution in [3.63, 3.8) is 0 Å². The third kappa shape index (κ3) is 3.67. The number of rotatable bonds is 4. The molecule has 2 aromatic rings. The van der Waals surface area contributed by atoms with Gasteiger partial charge in [-0.15, -0.1) is 0 Å². The second kappa shape index (κ2) is 6.99. The summed E-state index contributed by atoms with van der Waals surface area (Å²) in [6, 6.07) is 15.6. The predicted molar refractivity (Wildman–Crippen MR) is 85.9 cm³/mol. The van der Waals surface area contributed by atoms with Gasteiger partial charge in [0.25, 0.3) is 0 Å². The molecule has 1 amide bonds. The molecule has 0 radical (unpaired) electrons. The van der Waals surface area contributed by atoms with Crippen LogP contribution < -0.4 is 5.32 Å². The van der Waals surface area contributed by atoms with Crippen molar-refractivity contribution in [1.82, 2.24) is 0 Å². The summed E-state index contributed by atoms with van der Waals surface area (Å²) < 4.78 is 13.5. The number of benzene rings is 2. The van der Waals surface area contributed by atoms with E-state index in [-0.39, 0.29) is 16.4 Å². The molecule has 0 bridgehead atoms. The summed E-state index contributed by atoms with van der Waals surface area (Å²) in [7, 11) is 0. The number of amides is 1. The minimum atomic E-state index is -0.510. The van der Waals surface area contributed by atoms with Gasteiger partial charge in [0.15, 0.2) is 0 Å². The Balaban J connectivity index is 2.08. The van der Waals surface area contributed by atoms with E-state index in [9.17, 15) is 9.18 Å². The van der Waals surface area contributed by atoms with Crippen molar-refractivity contribution in [1.29, 1.82) is 0 Å². The maximum absolute atomic E-state index is 13.5. The van der Waals surface area contributed by atoms with Crippen LogP contribution >= 0.6 is 31.9 Å². The normalized spacial score (nSPS) is 13.6. The van der Waals surface area contributed by atoms with E-state index in [0.29, 0.717) is 0 Å². The minimum Gasteiger partial charge on any atom is -0.323 e. The number of para-hydroxylation sites is 1. The molecule has 2 aromatic carbocycles. The fraction of sp³-hybridized carbons (Fsp3) is 0.133. The molecule has 0 heterocycles. The molecule has 104 valence electrons. The van der Waals surface area contributed by atoms with Crippen LogP contribution in [0.3, 0.4) is 0 Å². The highest BCUT2D eigenvalue weighted by Crippen LogP contribution is 2.31. The summed E-state index contributed by atoms with van der Waals surface area (Å²) in [5.74, 6) is -0.757. The van der Waals surface area contributed by atoms with Crippen LogP contribution in [0.4, 0.5) is 10.1 Å². The zero-order chi connectivity index (χ0) is 14.5. The third-order valence-corrected chi connectivity index (χ3v) is 5.47. The molecule has 0 aliphatic carbocycles. The summed E-state index contributed by atoms with van der Waals surface area (Å²) in [6.07, 6.45) is 0. The summed E-state index contributed by atoms with van der Waals surface area (Å²) in [4.78, 5) is 11.4.